The molecule has 0 aliphatic rings. The van der Waals surface area contributed by atoms with Crippen LogP contribution in [0.15, 0.2) is 97.2 Å². The van der Waals surface area contributed by atoms with E-state index in [0.717, 1.165) is 103 Å². The highest BCUT2D eigenvalue weighted by molar-refractivity contribution is 5.77. The molecule has 1 amide bonds. The van der Waals surface area contributed by atoms with Gasteiger partial charge >= 0.3 is 5.97 Å². The molecule has 0 aliphatic heterocycles. The Kier molecular flexibility index (Phi) is 45.3. The summed E-state index contributed by atoms with van der Waals surface area (Å²) < 4.78 is 5.88. The molecule has 3 N–H and O–H groups in total. The van der Waals surface area contributed by atoms with E-state index in [2.05, 4.69) is 123 Å². The Hall–Kier alpha value is -3.22. The van der Waals surface area contributed by atoms with Crippen molar-refractivity contribution in [2.45, 2.75) is 232 Å². The number of allylic oxidation sites excluding steroid dienone is 16. The molecule has 348 valence electrons. The molecule has 3 atom stereocenters. The van der Waals surface area contributed by atoms with Crippen molar-refractivity contribution in [3.63, 3.8) is 0 Å². The van der Waals surface area contributed by atoms with Gasteiger partial charge in [-0.2, -0.15) is 0 Å². The van der Waals surface area contributed by atoms with E-state index in [-0.39, 0.29) is 24.9 Å². The summed E-state index contributed by atoms with van der Waals surface area (Å²) in [6.45, 7) is 6.28. The number of ether oxygens (including phenoxy) is 1. The second-order valence-electron chi connectivity index (χ2n) is 16.5. The Labute approximate surface area is 376 Å². The van der Waals surface area contributed by atoms with E-state index in [4.69, 9.17) is 4.74 Å². The number of amides is 1. The minimum absolute atomic E-state index is 0.0213. The van der Waals surface area contributed by atoms with Crippen LogP contribution in [0.4, 0.5) is 0 Å². The Bertz CT molecular complexity index is 1220. The van der Waals surface area contributed by atoms with E-state index < -0.39 is 18.2 Å². The van der Waals surface area contributed by atoms with Gasteiger partial charge in [0.1, 0.15) is 6.10 Å². The topological polar surface area (TPSA) is 95.9 Å². The fourth-order valence-corrected chi connectivity index (χ4v) is 6.88. The standard InChI is InChI=1S/C55H93NO5/c1-4-7-10-13-16-19-21-23-25-27-28-30-32-35-37-40-43-46-51(49-54(59)56-52(50-57)53(58)47-44-41-38-34-18-15-12-9-6-3)61-55(60)48-45-42-39-36-33-31-29-26-24-22-20-17-14-11-8-5-2/h8,11,16-17,19-20,23-26,28,30-31,33,35,37,51-53,57-58H,4-7,9-10,12-15,18,21-22,27,29,32,34,36,38-50H2,1-3H3,(H,56,59)/b11-8+,19-16-,20-17+,25-23-,26-24+,30-28-,33-31+,37-35-. The number of carbonyl (C=O) groups excluding carboxylic acids is 2. The third-order valence-corrected chi connectivity index (χ3v) is 10.6. The number of rotatable bonds is 43. The molecule has 0 spiro atoms. The predicted octanol–water partition coefficient (Wildman–Crippen LogP) is 14.9. The van der Waals surface area contributed by atoms with Gasteiger partial charge in [-0.15, -0.1) is 0 Å². The van der Waals surface area contributed by atoms with Gasteiger partial charge in [0.2, 0.25) is 5.91 Å². The van der Waals surface area contributed by atoms with Crippen LogP contribution in [0.5, 0.6) is 0 Å². The van der Waals surface area contributed by atoms with Gasteiger partial charge in [0.05, 0.1) is 25.2 Å². The van der Waals surface area contributed by atoms with Crippen LogP contribution in [0.25, 0.3) is 0 Å². The quantitative estimate of drug-likeness (QED) is 0.0323. The van der Waals surface area contributed by atoms with Crippen LogP contribution in [0.3, 0.4) is 0 Å². The lowest BCUT2D eigenvalue weighted by Gasteiger charge is -2.24. The fourth-order valence-electron chi connectivity index (χ4n) is 6.88. The lowest BCUT2D eigenvalue weighted by molar-refractivity contribution is -0.151. The van der Waals surface area contributed by atoms with Crippen molar-refractivity contribution in [1.29, 1.82) is 0 Å². The molecule has 3 unspecified atom stereocenters. The molecule has 61 heavy (non-hydrogen) atoms. The van der Waals surface area contributed by atoms with E-state index >= 15 is 0 Å². The molecule has 0 saturated carbocycles. The highest BCUT2D eigenvalue weighted by Crippen LogP contribution is 2.16. The second kappa shape index (κ2) is 47.8. The van der Waals surface area contributed by atoms with Crippen LogP contribution in [0.1, 0.15) is 213 Å². The molecule has 0 aliphatic carbocycles. The number of esters is 1. The Morgan fingerprint density at radius 2 is 0.902 bits per heavy atom. The Morgan fingerprint density at radius 1 is 0.492 bits per heavy atom. The highest BCUT2D eigenvalue weighted by Gasteiger charge is 2.24. The van der Waals surface area contributed by atoms with Crippen molar-refractivity contribution in [3.8, 4) is 0 Å². The average Bonchev–Trinajstić information content (AvgIpc) is 3.25. The van der Waals surface area contributed by atoms with Crippen molar-refractivity contribution in [2.75, 3.05) is 6.61 Å². The molecule has 0 rings (SSSR count). The highest BCUT2D eigenvalue weighted by atomic mass is 16.5. The predicted molar refractivity (Wildman–Crippen MR) is 264 cm³/mol. The molecular formula is C55H93NO5. The Morgan fingerprint density at radius 3 is 1.39 bits per heavy atom. The van der Waals surface area contributed by atoms with E-state index in [0.29, 0.717) is 19.3 Å². The van der Waals surface area contributed by atoms with Crippen molar-refractivity contribution in [2.24, 2.45) is 0 Å². The number of nitrogens with one attached hydrogen (secondary N) is 1. The number of aliphatic hydroxyl groups excluding tert-OH is 2. The summed E-state index contributed by atoms with van der Waals surface area (Å²) in [6.07, 6.45) is 63.3. The minimum atomic E-state index is -0.811. The smallest absolute Gasteiger partial charge is 0.306 e. The lowest BCUT2D eigenvalue weighted by atomic mass is 10.0. The minimum Gasteiger partial charge on any atom is -0.462 e. The summed E-state index contributed by atoms with van der Waals surface area (Å²) in [5.74, 6) is -0.575. The molecule has 0 saturated heterocycles. The van der Waals surface area contributed by atoms with Gasteiger partial charge in [-0.25, -0.2) is 0 Å². The van der Waals surface area contributed by atoms with Gasteiger partial charge in [-0.3, -0.25) is 9.59 Å². The number of unbranched alkanes of at least 4 members (excludes halogenated alkanes) is 15. The Balaban J connectivity index is 4.78. The van der Waals surface area contributed by atoms with E-state index in [1.54, 1.807) is 0 Å². The maximum atomic E-state index is 13.2. The third kappa shape index (κ3) is 43.2. The second-order valence-corrected chi connectivity index (χ2v) is 16.5. The summed E-state index contributed by atoms with van der Waals surface area (Å²) in [5, 5.41) is 23.6. The molecule has 0 aromatic carbocycles. The van der Waals surface area contributed by atoms with Gasteiger partial charge in [-0.1, -0.05) is 195 Å². The molecule has 0 fully saturated rings. The van der Waals surface area contributed by atoms with Crippen molar-refractivity contribution in [1.82, 2.24) is 5.32 Å². The summed E-state index contributed by atoms with van der Waals surface area (Å²) in [4.78, 5) is 26.1. The number of carbonyl (C=O) groups is 2. The zero-order valence-electron chi connectivity index (χ0n) is 39.5. The van der Waals surface area contributed by atoms with Gasteiger partial charge in [0.25, 0.3) is 0 Å². The van der Waals surface area contributed by atoms with E-state index in [9.17, 15) is 19.8 Å². The van der Waals surface area contributed by atoms with Gasteiger partial charge in [0, 0.05) is 6.42 Å². The SMILES string of the molecule is CC/C=C/C/C=C/C/C=C/C/C=C/CCCCCC(=O)OC(CCC/C=C\C/C=C\C/C=C\C/C=C\CCCCC)CC(=O)NC(CO)C(O)CCCCCCCCCCC. The molecule has 6 nitrogen and oxygen atoms in total. The van der Waals surface area contributed by atoms with Gasteiger partial charge < -0.3 is 20.3 Å². The van der Waals surface area contributed by atoms with E-state index in [1.807, 2.05) is 0 Å². The fraction of sp³-hybridized carbons (Fsp3) is 0.673. The summed E-state index contributed by atoms with van der Waals surface area (Å²) in [6, 6.07) is -0.730. The van der Waals surface area contributed by atoms with Gasteiger partial charge in [-0.05, 0) is 103 Å². The average molecular weight is 848 g/mol. The maximum Gasteiger partial charge on any atom is 0.306 e. The lowest BCUT2D eigenvalue weighted by Crippen LogP contribution is -2.46. The first-order valence-corrected chi connectivity index (χ1v) is 25.0. The zero-order valence-corrected chi connectivity index (χ0v) is 39.5. The maximum absolute atomic E-state index is 13.2. The summed E-state index contributed by atoms with van der Waals surface area (Å²) in [7, 11) is 0. The zero-order chi connectivity index (χ0) is 44.5. The van der Waals surface area contributed by atoms with Crippen LogP contribution in [0, 0.1) is 0 Å². The number of aliphatic hydroxyl groups is 2. The number of hydrogen-bond donors (Lipinski definition) is 3. The third-order valence-electron chi connectivity index (χ3n) is 10.6. The molecule has 0 radical (unpaired) electrons. The van der Waals surface area contributed by atoms with Crippen LogP contribution in [-0.4, -0.2) is 46.9 Å². The van der Waals surface area contributed by atoms with Crippen LogP contribution in [0.2, 0.25) is 0 Å². The summed E-state index contributed by atoms with van der Waals surface area (Å²) >= 11 is 0. The van der Waals surface area contributed by atoms with Crippen LogP contribution in [-0.2, 0) is 14.3 Å². The summed E-state index contributed by atoms with van der Waals surface area (Å²) in [5.41, 5.74) is 0. The monoisotopic (exact) mass is 848 g/mol. The first-order chi connectivity index (χ1) is 30.0. The van der Waals surface area contributed by atoms with Crippen molar-refractivity contribution in [3.05, 3.63) is 97.2 Å². The van der Waals surface area contributed by atoms with Crippen molar-refractivity contribution >= 4 is 11.9 Å². The molecule has 0 heterocycles. The van der Waals surface area contributed by atoms with Crippen molar-refractivity contribution < 1.29 is 24.5 Å². The first kappa shape index (κ1) is 57.8. The normalized spacial score (nSPS) is 14.1. The van der Waals surface area contributed by atoms with E-state index in [1.165, 1.54) is 64.2 Å². The number of hydrogen-bond acceptors (Lipinski definition) is 5. The molecular weight excluding hydrogens is 755 g/mol. The molecule has 6 heteroatoms. The first-order valence-electron chi connectivity index (χ1n) is 25.0. The van der Waals surface area contributed by atoms with Crippen LogP contribution >= 0.6 is 0 Å². The molecule has 0 bridgehead atoms. The molecule has 0 aromatic rings. The molecule has 0 aromatic heterocycles. The largest absolute Gasteiger partial charge is 0.462 e. The van der Waals surface area contributed by atoms with Crippen LogP contribution < -0.4 is 5.32 Å². The van der Waals surface area contributed by atoms with Gasteiger partial charge in [0.15, 0.2) is 0 Å².